The average Bonchev–Trinajstić information content (AvgIpc) is 3.87. The van der Waals surface area contributed by atoms with Gasteiger partial charge in [0, 0.05) is 0 Å². The van der Waals surface area contributed by atoms with Crippen molar-refractivity contribution in [1.82, 2.24) is 0 Å². The maximum atomic E-state index is 11.9. The molecule has 0 heterocycles. The van der Waals surface area contributed by atoms with E-state index in [4.69, 9.17) is 0 Å². The lowest BCUT2D eigenvalue weighted by atomic mass is 9.46. The zero-order valence-electron chi connectivity index (χ0n) is 41.9. The van der Waals surface area contributed by atoms with Crippen molar-refractivity contribution >= 4 is 11.6 Å². The predicted molar refractivity (Wildman–Crippen MR) is 256 cm³/mol. The normalized spacial score (nSPS) is 56.3. The monoisotopic (exact) mass is 947 g/mol. The van der Waals surface area contributed by atoms with E-state index in [9.17, 15) is 55.5 Å². The number of allylic oxidation sites excluding steroid dienone is 2. The quantitative estimate of drug-likeness (QED) is 0.123. The first kappa shape index (κ1) is 49.8. The topological polar surface area (TPSA) is 216 Å². The van der Waals surface area contributed by atoms with Crippen molar-refractivity contribution in [2.24, 2.45) is 85.8 Å². The number of ketones is 2. The highest BCUT2D eigenvalue weighted by molar-refractivity contribution is 5.96. The summed E-state index contributed by atoms with van der Waals surface area (Å²) in [6, 6.07) is 0. The number of carbonyl (C=O) groups is 2. The van der Waals surface area contributed by atoms with Crippen LogP contribution < -0.4 is 0 Å². The summed E-state index contributed by atoms with van der Waals surface area (Å²) < 4.78 is 0. The summed E-state index contributed by atoms with van der Waals surface area (Å²) in [5.41, 5.74) is 2.74. The van der Waals surface area contributed by atoms with Gasteiger partial charge in [0.05, 0.1) is 42.7 Å². The Morgan fingerprint density at radius 2 is 0.941 bits per heavy atom. The first-order chi connectivity index (χ1) is 31.9. The molecule has 0 amide bonds. The second-order valence-electron chi connectivity index (χ2n) is 26.7. The third kappa shape index (κ3) is 7.32. The number of fused-ring (bicyclic) bond motifs is 15. The molecule has 0 unspecified atom stereocenters. The fourth-order valence-electron chi connectivity index (χ4n) is 20.1. The van der Waals surface area contributed by atoms with Crippen molar-refractivity contribution < 1.29 is 55.5 Å². The molecule has 0 aromatic heterocycles. The highest BCUT2D eigenvalue weighted by atomic mass is 16.3. The first-order valence-electron chi connectivity index (χ1n) is 27.2. The van der Waals surface area contributed by atoms with Gasteiger partial charge in [-0.3, -0.25) is 9.59 Å². The standard InChI is InChI=1S/2C19H28O4.C19H30O3/c1-18-6-5-12-10(11(18)3-4-17(18)23)7-14(20)13-8-15(21)16(22)9-19(12,13)2;1-18-8-14(21)13(20)7-10(18)3-4-11-12-5-6-16(23)19(12,2)9-15(22)17(11)18;1-18-8-7-14-12(13(18)5-6-17(18)22)4-3-11-9-15(20)16(21)10-19(11,14)2/h8,10-12,14,16-17,20,22-23H,3-7,9H2,1-2H3;7,11-12,14-17,21-23H,3-6,8-9H2,1-2H3;9,12-17,20-22H,3-8,10H2,1-2H3/t10-,11-,12-,14+,16-,17-,18-,19+;11-,12-,14-,15+,16-,17+,18-,19-;12-,13-,14-,15-,16-,17-,18-,19-/m000/s1. The Kier molecular flexibility index (Phi) is 12.5. The Bertz CT molecular complexity index is 2100. The van der Waals surface area contributed by atoms with Crippen molar-refractivity contribution in [3.63, 3.8) is 0 Å². The molecule has 0 bridgehead atoms. The Balaban J connectivity index is 0.000000119. The zero-order chi connectivity index (χ0) is 48.8. The molecule has 11 nitrogen and oxygen atoms in total. The highest BCUT2D eigenvalue weighted by Gasteiger charge is 2.64. The molecule has 0 aromatic carbocycles. The molecule has 12 aliphatic carbocycles. The number of rotatable bonds is 0. The van der Waals surface area contributed by atoms with E-state index in [2.05, 4.69) is 41.5 Å². The van der Waals surface area contributed by atoms with E-state index in [1.807, 2.05) is 6.08 Å². The molecule has 0 radical (unpaired) electrons. The molecule has 0 spiro atoms. The van der Waals surface area contributed by atoms with Crippen LogP contribution >= 0.6 is 0 Å². The second-order valence-corrected chi connectivity index (χ2v) is 26.7. The van der Waals surface area contributed by atoms with Gasteiger partial charge in [-0.1, -0.05) is 58.8 Å². The lowest BCUT2D eigenvalue weighted by Gasteiger charge is -2.59. The largest absolute Gasteiger partial charge is 0.393 e. The minimum absolute atomic E-state index is 0.0262. The van der Waals surface area contributed by atoms with Crippen LogP contribution in [0, 0.1) is 85.8 Å². The molecule has 0 aromatic rings. The van der Waals surface area contributed by atoms with E-state index in [0.29, 0.717) is 79.4 Å². The molecular formula is C57H86O11. The van der Waals surface area contributed by atoms with Gasteiger partial charge in [-0.25, -0.2) is 0 Å². The molecule has 12 aliphatic rings. The van der Waals surface area contributed by atoms with Crippen LogP contribution in [-0.2, 0) is 9.59 Å². The predicted octanol–water partition coefficient (Wildman–Crippen LogP) is 6.28. The Morgan fingerprint density at radius 3 is 1.56 bits per heavy atom. The van der Waals surface area contributed by atoms with Crippen LogP contribution in [0.1, 0.15) is 164 Å². The lowest BCUT2D eigenvalue weighted by Crippen LogP contribution is -2.58. The molecule has 11 heteroatoms. The van der Waals surface area contributed by atoms with Crippen molar-refractivity contribution in [2.45, 2.75) is 218 Å². The first-order valence-corrected chi connectivity index (χ1v) is 27.2. The van der Waals surface area contributed by atoms with Crippen molar-refractivity contribution in [3.05, 3.63) is 34.9 Å². The third-order valence-corrected chi connectivity index (χ3v) is 23.9. The number of aliphatic hydroxyl groups excluding tert-OH is 9. The van der Waals surface area contributed by atoms with E-state index in [1.165, 1.54) is 24.5 Å². The van der Waals surface area contributed by atoms with Crippen LogP contribution in [0.2, 0.25) is 0 Å². The van der Waals surface area contributed by atoms with Crippen LogP contribution in [0.4, 0.5) is 0 Å². The molecule has 9 fully saturated rings. The van der Waals surface area contributed by atoms with Gasteiger partial charge in [0.1, 0.15) is 12.2 Å². The lowest BCUT2D eigenvalue weighted by molar-refractivity contribution is -0.150. The van der Waals surface area contributed by atoms with Gasteiger partial charge < -0.3 is 46.0 Å². The molecule has 24 atom stereocenters. The van der Waals surface area contributed by atoms with Gasteiger partial charge in [-0.2, -0.15) is 0 Å². The summed E-state index contributed by atoms with van der Waals surface area (Å²) in [6.45, 7) is 13.2. The van der Waals surface area contributed by atoms with Crippen LogP contribution in [0.15, 0.2) is 34.9 Å². The number of aliphatic hydroxyl groups is 9. The zero-order valence-corrected chi connectivity index (χ0v) is 41.9. The van der Waals surface area contributed by atoms with Crippen LogP contribution in [0.25, 0.3) is 0 Å². The number of carbonyl (C=O) groups excluding carboxylic acids is 2. The molecule has 0 aliphatic heterocycles. The van der Waals surface area contributed by atoms with E-state index >= 15 is 0 Å². The molecule has 9 N–H and O–H groups in total. The number of hydrogen-bond acceptors (Lipinski definition) is 11. The van der Waals surface area contributed by atoms with Crippen LogP contribution in [-0.4, -0.2) is 112 Å². The van der Waals surface area contributed by atoms with Crippen LogP contribution in [0.5, 0.6) is 0 Å². The summed E-state index contributed by atoms with van der Waals surface area (Å²) in [4.78, 5) is 23.8. The molecule has 380 valence electrons. The summed E-state index contributed by atoms with van der Waals surface area (Å²) in [5.74, 6) is 3.62. The summed E-state index contributed by atoms with van der Waals surface area (Å²) in [7, 11) is 0. The summed E-state index contributed by atoms with van der Waals surface area (Å²) in [5, 5.41) is 93.5. The Labute approximate surface area is 405 Å². The van der Waals surface area contributed by atoms with Gasteiger partial charge in [0.25, 0.3) is 0 Å². The minimum Gasteiger partial charge on any atom is -0.393 e. The van der Waals surface area contributed by atoms with Gasteiger partial charge in [0.15, 0.2) is 11.6 Å². The van der Waals surface area contributed by atoms with E-state index < -0.39 is 36.6 Å². The Morgan fingerprint density at radius 1 is 0.441 bits per heavy atom. The Hall–Kier alpha value is -1.80. The van der Waals surface area contributed by atoms with Crippen LogP contribution in [0.3, 0.4) is 0 Å². The van der Waals surface area contributed by atoms with Gasteiger partial charge in [0.2, 0.25) is 0 Å². The minimum atomic E-state index is -0.933. The molecular weight excluding hydrogens is 861 g/mol. The number of hydrogen-bond donors (Lipinski definition) is 9. The summed E-state index contributed by atoms with van der Waals surface area (Å²) >= 11 is 0. The van der Waals surface area contributed by atoms with Crippen molar-refractivity contribution in [1.29, 1.82) is 0 Å². The molecule has 68 heavy (non-hydrogen) atoms. The highest BCUT2D eigenvalue weighted by Crippen LogP contribution is 2.68. The smallest absolute Gasteiger partial charge is 0.184 e. The maximum Gasteiger partial charge on any atom is 0.184 e. The van der Waals surface area contributed by atoms with E-state index in [0.717, 1.165) is 88.2 Å². The molecule has 0 saturated heterocycles. The third-order valence-electron chi connectivity index (χ3n) is 23.9. The van der Waals surface area contributed by atoms with Gasteiger partial charge >= 0.3 is 0 Å². The van der Waals surface area contributed by atoms with Crippen molar-refractivity contribution in [2.75, 3.05) is 0 Å². The molecule has 9 saturated carbocycles. The van der Waals surface area contributed by atoms with E-state index in [1.54, 1.807) is 6.08 Å². The van der Waals surface area contributed by atoms with Gasteiger partial charge in [-0.05, 0) is 225 Å². The fourth-order valence-corrected chi connectivity index (χ4v) is 20.1. The SMILES string of the molecule is C[C@]12CC[C@H]3[C@@H](CCC4=C[C@H](O)[C@@H](O)C[C@@]43C)[C@@H]1CC[C@@H]2O.C[C@]12CC[C@H]3[C@@H](C[C@@H](O)C4=CC(=O)[C@@H](O)C[C@@]43C)[C@@H]1CC[C@@H]2O.C[C@]12C[C@@H](O)[C@H]3[C@@H](CCC4=CC(=O)[C@@H](O)C[C@@]43C)[C@@H]1CC[C@@H]2O. The second kappa shape index (κ2) is 17.1. The van der Waals surface area contributed by atoms with Crippen molar-refractivity contribution in [3.8, 4) is 0 Å². The van der Waals surface area contributed by atoms with E-state index in [-0.39, 0.29) is 68.3 Å². The summed E-state index contributed by atoms with van der Waals surface area (Å²) in [6.07, 6.45) is 17.4. The maximum absolute atomic E-state index is 11.9. The average molecular weight is 947 g/mol. The molecule has 12 rings (SSSR count). The fraction of sp³-hybridized carbons (Fsp3) is 0.860. The van der Waals surface area contributed by atoms with Gasteiger partial charge in [-0.15, -0.1) is 0 Å².